The Morgan fingerprint density at radius 1 is 1.29 bits per heavy atom. The van der Waals surface area contributed by atoms with Gasteiger partial charge in [0.2, 0.25) is 0 Å². The van der Waals surface area contributed by atoms with Crippen LogP contribution in [0.2, 0.25) is 0 Å². The lowest BCUT2D eigenvalue weighted by Gasteiger charge is -2.23. The summed E-state index contributed by atoms with van der Waals surface area (Å²) in [6.07, 6.45) is -0.926. The van der Waals surface area contributed by atoms with Gasteiger partial charge in [-0.05, 0) is 33.6 Å². The highest BCUT2D eigenvalue weighted by Crippen LogP contribution is 2.26. The maximum atomic E-state index is 11.5. The zero-order chi connectivity index (χ0) is 13.2. The van der Waals surface area contributed by atoms with Crippen LogP contribution in [0.3, 0.4) is 0 Å². The first-order valence-corrected chi connectivity index (χ1v) is 5.59. The maximum absolute atomic E-state index is 11.5. The van der Waals surface area contributed by atoms with E-state index in [0.29, 0.717) is 0 Å². The van der Waals surface area contributed by atoms with Gasteiger partial charge in [0.15, 0.2) is 0 Å². The molecule has 17 heavy (non-hydrogen) atoms. The predicted molar refractivity (Wildman–Crippen MR) is 59.5 cm³/mol. The zero-order valence-corrected chi connectivity index (χ0v) is 10.3. The third-order valence-electron chi connectivity index (χ3n) is 2.56. The summed E-state index contributed by atoms with van der Waals surface area (Å²) in [4.78, 5) is 22.4. The molecule has 0 saturated heterocycles. The molecule has 1 fully saturated rings. The van der Waals surface area contributed by atoms with Gasteiger partial charge in [-0.3, -0.25) is 4.79 Å². The highest BCUT2D eigenvalue weighted by Gasteiger charge is 2.39. The van der Waals surface area contributed by atoms with Crippen LogP contribution >= 0.6 is 0 Å². The molecule has 0 aromatic rings. The number of ether oxygens (including phenoxy) is 1. The molecule has 6 nitrogen and oxygen atoms in total. The Kier molecular flexibility index (Phi) is 3.98. The SMILES string of the molecule is CC(C)(C)OC(=O)N[C@@H]1C[C@H](O)C[C@@H]1C(=O)O. The van der Waals surface area contributed by atoms with E-state index in [1.54, 1.807) is 20.8 Å². The second kappa shape index (κ2) is 4.91. The Labute approximate surface area is 100.0 Å². The van der Waals surface area contributed by atoms with Gasteiger partial charge in [0.25, 0.3) is 0 Å². The Morgan fingerprint density at radius 3 is 2.35 bits per heavy atom. The molecule has 1 saturated carbocycles. The summed E-state index contributed by atoms with van der Waals surface area (Å²) in [7, 11) is 0. The Hall–Kier alpha value is -1.30. The minimum absolute atomic E-state index is 0.162. The summed E-state index contributed by atoms with van der Waals surface area (Å²) in [6.45, 7) is 5.18. The highest BCUT2D eigenvalue weighted by molar-refractivity contribution is 5.74. The lowest BCUT2D eigenvalue weighted by Crippen LogP contribution is -2.42. The van der Waals surface area contributed by atoms with Crippen molar-refractivity contribution in [1.29, 1.82) is 0 Å². The van der Waals surface area contributed by atoms with Crippen LogP contribution in [0, 0.1) is 5.92 Å². The first-order chi connectivity index (χ1) is 7.69. The topological polar surface area (TPSA) is 95.9 Å². The molecule has 0 aromatic carbocycles. The second-order valence-electron chi connectivity index (χ2n) is 5.32. The number of carboxylic acids is 1. The third kappa shape index (κ3) is 4.22. The molecule has 1 aliphatic rings. The first-order valence-electron chi connectivity index (χ1n) is 5.59. The van der Waals surface area contributed by atoms with Gasteiger partial charge in [-0.1, -0.05) is 0 Å². The number of alkyl carbamates (subject to hydrolysis) is 1. The fraction of sp³-hybridized carbons (Fsp3) is 0.818. The van der Waals surface area contributed by atoms with E-state index in [1.165, 1.54) is 0 Å². The van der Waals surface area contributed by atoms with E-state index < -0.39 is 35.7 Å². The van der Waals surface area contributed by atoms with Gasteiger partial charge >= 0.3 is 12.1 Å². The van der Waals surface area contributed by atoms with Gasteiger partial charge in [0.1, 0.15) is 5.60 Å². The Bertz CT molecular complexity index is 309. The van der Waals surface area contributed by atoms with Crippen molar-refractivity contribution in [2.75, 3.05) is 0 Å². The highest BCUT2D eigenvalue weighted by atomic mass is 16.6. The zero-order valence-electron chi connectivity index (χ0n) is 10.3. The summed E-state index contributed by atoms with van der Waals surface area (Å²) in [6, 6.07) is -0.572. The number of carboxylic acid groups (broad SMARTS) is 1. The van der Waals surface area contributed by atoms with Crippen molar-refractivity contribution in [3.63, 3.8) is 0 Å². The summed E-state index contributed by atoms with van der Waals surface area (Å²) in [5, 5.41) is 20.8. The lowest BCUT2D eigenvalue weighted by molar-refractivity contribution is -0.142. The Balaban J connectivity index is 2.55. The van der Waals surface area contributed by atoms with Crippen LogP contribution in [-0.4, -0.2) is 40.0 Å². The quantitative estimate of drug-likeness (QED) is 0.666. The summed E-state index contributed by atoms with van der Waals surface area (Å²) in [5.41, 5.74) is -0.625. The van der Waals surface area contributed by atoms with Gasteiger partial charge in [-0.25, -0.2) is 4.79 Å². The van der Waals surface area contributed by atoms with E-state index in [2.05, 4.69) is 5.32 Å². The smallest absolute Gasteiger partial charge is 0.407 e. The monoisotopic (exact) mass is 245 g/mol. The number of aliphatic hydroxyl groups is 1. The number of carbonyl (C=O) groups excluding carboxylic acids is 1. The number of aliphatic hydroxyl groups excluding tert-OH is 1. The van der Waals surface area contributed by atoms with E-state index in [1.807, 2.05) is 0 Å². The van der Waals surface area contributed by atoms with Gasteiger partial charge in [-0.2, -0.15) is 0 Å². The molecular formula is C11H19NO5. The molecule has 1 aliphatic carbocycles. The predicted octanol–water partition coefficient (Wildman–Crippen LogP) is 0.735. The van der Waals surface area contributed by atoms with Crippen molar-refractivity contribution in [2.45, 2.75) is 51.4 Å². The molecule has 0 aliphatic heterocycles. The fourth-order valence-electron chi connectivity index (χ4n) is 1.90. The number of carbonyl (C=O) groups is 2. The molecule has 0 bridgehead atoms. The van der Waals surface area contributed by atoms with Crippen LogP contribution < -0.4 is 5.32 Å². The second-order valence-corrected chi connectivity index (χ2v) is 5.32. The van der Waals surface area contributed by atoms with E-state index in [4.69, 9.17) is 9.84 Å². The van der Waals surface area contributed by atoms with Crippen molar-refractivity contribution in [2.24, 2.45) is 5.92 Å². The number of nitrogens with one attached hydrogen (secondary N) is 1. The van der Waals surface area contributed by atoms with Crippen LogP contribution in [0.1, 0.15) is 33.6 Å². The van der Waals surface area contributed by atoms with E-state index in [-0.39, 0.29) is 12.8 Å². The van der Waals surface area contributed by atoms with Crippen molar-refractivity contribution in [3.8, 4) is 0 Å². The van der Waals surface area contributed by atoms with Gasteiger partial charge in [-0.15, -0.1) is 0 Å². The van der Waals surface area contributed by atoms with Crippen LogP contribution in [0.25, 0.3) is 0 Å². The summed E-state index contributed by atoms with van der Waals surface area (Å²) < 4.78 is 5.04. The summed E-state index contributed by atoms with van der Waals surface area (Å²) in [5.74, 6) is -1.76. The fourth-order valence-corrected chi connectivity index (χ4v) is 1.90. The number of aliphatic carboxylic acids is 1. The third-order valence-corrected chi connectivity index (χ3v) is 2.56. The maximum Gasteiger partial charge on any atom is 0.407 e. The molecule has 3 atom stereocenters. The molecular weight excluding hydrogens is 226 g/mol. The summed E-state index contributed by atoms with van der Waals surface area (Å²) >= 11 is 0. The van der Waals surface area contributed by atoms with E-state index >= 15 is 0 Å². The van der Waals surface area contributed by atoms with Gasteiger partial charge in [0, 0.05) is 6.04 Å². The van der Waals surface area contributed by atoms with Crippen molar-refractivity contribution < 1.29 is 24.5 Å². The number of rotatable bonds is 2. The molecule has 0 radical (unpaired) electrons. The minimum Gasteiger partial charge on any atom is -0.481 e. The average molecular weight is 245 g/mol. The van der Waals surface area contributed by atoms with E-state index in [9.17, 15) is 14.7 Å². The van der Waals surface area contributed by atoms with Gasteiger partial charge < -0.3 is 20.3 Å². The van der Waals surface area contributed by atoms with E-state index in [0.717, 1.165) is 0 Å². The largest absolute Gasteiger partial charge is 0.481 e. The number of amides is 1. The normalized spacial score (nSPS) is 28.8. The molecule has 3 N–H and O–H groups in total. The molecule has 0 unspecified atom stereocenters. The van der Waals surface area contributed by atoms with Crippen molar-refractivity contribution in [1.82, 2.24) is 5.32 Å². The molecule has 6 heteroatoms. The van der Waals surface area contributed by atoms with Gasteiger partial charge in [0.05, 0.1) is 12.0 Å². The molecule has 1 amide bonds. The molecule has 1 rings (SSSR count). The van der Waals surface area contributed by atoms with Crippen LogP contribution in [0.4, 0.5) is 4.79 Å². The molecule has 0 aromatic heterocycles. The number of hydrogen-bond acceptors (Lipinski definition) is 4. The minimum atomic E-state index is -1.01. The standard InChI is InChI=1S/C11H19NO5/c1-11(2,3)17-10(16)12-8-5-6(13)4-7(8)9(14)15/h6-8,13H,4-5H2,1-3H3,(H,12,16)(H,14,15)/t6-,7+,8-/m1/s1. The van der Waals surface area contributed by atoms with Crippen molar-refractivity contribution in [3.05, 3.63) is 0 Å². The Morgan fingerprint density at radius 2 is 1.88 bits per heavy atom. The lowest BCUT2D eigenvalue weighted by atomic mass is 10.0. The van der Waals surface area contributed by atoms with Crippen LogP contribution in [-0.2, 0) is 9.53 Å². The average Bonchev–Trinajstić information content (AvgIpc) is 2.42. The molecule has 98 valence electrons. The van der Waals surface area contributed by atoms with Crippen LogP contribution in [0.15, 0.2) is 0 Å². The number of hydrogen-bond donors (Lipinski definition) is 3. The first kappa shape index (κ1) is 13.8. The molecule has 0 spiro atoms. The molecule has 0 heterocycles. The van der Waals surface area contributed by atoms with Crippen molar-refractivity contribution >= 4 is 12.1 Å². The van der Waals surface area contributed by atoms with Crippen LogP contribution in [0.5, 0.6) is 0 Å².